The van der Waals surface area contributed by atoms with Crippen LogP contribution in [0.25, 0.3) is 0 Å². The van der Waals surface area contributed by atoms with Gasteiger partial charge >= 0.3 is 0 Å². The summed E-state index contributed by atoms with van der Waals surface area (Å²) >= 11 is 6.00. The van der Waals surface area contributed by atoms with Crippen LogP contribution in [0.4, 0.5) is 10.1 Å². The van der Waals surface area contributed by atoms with Crippen LogP contribution in [-0.4, -0.2) is 39.4 Å². The molecule has 1 aliphatic heterocycles. The summed E-state index contributed by atoms with van der Waals surface area (Å²) in [6.45, 7) is 0.472. The van der Waals surface area contributed by atoms with Gasteiger partial charge in [0.05, 0.1) is 24.1 Å². The van der Waals surface area contributed by atoms with E-state index in [9.17, 15) is 14.0 Å². The fraction of sp³-hybridized carbons (Fsp3) is 0.214. The Morgan fingerprint density at radius 3 is 2.26 bits per heavy atom. The molecule has 194 valence electrons. The number of nitrogens with zero attached hydrogens (tertiary/aromatic N) is 4. The molecule has 0 unspecified atom stereocenters. The van der Waals surface area contributed by atoms with Crippen molar-refractivity contribution < 1.29 is 18.7 Å². The highest BCUT2D eigenvalue weighted by Gasteiger charge is 2.35. The highest BCUT2D eigenvalue weighted by atomic mass is 35.5. The van der Waals surface area contributed by atoms with E-state index in [0.29, 0.717) is 35.2 Å². The predicted molar refractivity (Wildman–Crippen MR) is 140 cm³/mol. The summed E-state index contributed by atoms with van der Waals surface area (Å²) < 4.78 is 18.9. The molecular weight excluding hydrogens is 509 g/mol. The van der Waals surface area contributed by atoms with E-state index >= 15 is 0 Å². The summed E-state index contributed by atoms with van der Waals surface area (Å²) in [5, 5.41) is 12.0. The second-order valence-corrected chi connectivity index (χ2v) is 9.51. The number of ether oxygens (including phenoxy) is 1. The Labute approximate surface area is 224 Å². The van der Waals surface area contributed by atoms with E-state index in [-0.39, 0.29) is 24.2 Å². The molecule has 1 aliphatic rings. The van der Waals surface area contributed by atoms with Gasteiger partial charge < -0.3 is 10.1 Å². The number of nitrogens with one attached hydrogen (secondary N) is 1. The number of carbonyl (C=O) groups excluding carboxylic acids is 2. The largest absolute Gasteiger partial charge is 0.457 e. The molecule has 2 amide bonds. The number of imide groups is 1. The van der Waals surface area contributed by atoms with E-state index in [1.165, 1.54) is 46.4 Å². The van der Waals surface area contributed by atoms with Crippen molar-refractivity contribution >= 4 is 29.1 Å². The maximum Gasteiger partial charge on any atom is 0.257 e. The van der Waals surface area contributed by atoms with E-state index in [1.54, 1.807) is 24.3 Å². The van der Waals surface area contributed by atoms with Gasteiger partial charge in [0, 0.05) is 5.02 Å². The number of halogens is 2. The van der Waals surface area contributed by atoms with Crippen LogP contribution in [0.15, 0.2) is 85.2 Å². The zero-order valence-electron chi connectivity index (χ0n) is 20.3. The number of aromatic nitrogens is 3. The van der Waals surface area contributed by atoms with E-state index < -0.39 is 11.9 Å². The molecule has 2 atom stereocenters. The number of anilines is 1. The van der Waals surface area contributed by atoms with Crippen LogP contribution in [0.5, 0.6) is 11.5 Å². The van der Waals surface area contributed by atoms with Crippen LogP contribution in [0.3, 0.4) is 0 Å². The van der Waals surface area contributed by atoms with Gasteiger partial charge in [-0.25, -0.2) is 9.29 Å². The highest BCUT2D eigenvalue weighted by Crippen LogP contribution is 2.27. The number of carbonyl (C=O) groups is 2. The smallest absolute Gasteiger partial charge is 0.257 e. The minimum Gasteiger partial charge on any atom is -0.457 e. The molecule has 0 aliphatic carbocycles. The van der Waals surface area contributed by atoms with Crippen molar-refractivity contribution in [1.29, 1.82) is 0 Å². The third-order valence-corrected chi connectivity index (χ3v) is 6.57. The van der Waals surface area contributed by atoms with Gasteiger partial charge in [-0.3, -0.25) is 9.59 Å². The molecule has 0 bridgehead atoms. The minimum atomic E-state index is -0.517. The molecule has 0 radical (unpaired) electrons. The van der Waals surface area contributed by atoms with Crippen LogP contribution < -0.4 is 15.0 Å². The summed E-state index contributed by atoms with van der Waals surface area (Å²) in [5.74, 6) is 0.0318. The van der Waals surface area contributed by atoms with Crippen molar-refractivity contribution in [2.45, 2.75) is 25.4 Å². The fourth-order valence-electron chi connectivity index (χ4n) is 4.48. The van der Waals surface area contributed by atoms with Gasteiger partial charge in [-0.1, -0.05) is 23.7 Å². The van der Waals surface area contributed by atoms with E-state index in [2.05, 4.69) is 15.5 Å². The average molecular weight is 534 g/mol. The third kappa shape index (κ3) is 6.24. The molecule has 3 aromatic carbocycles. The maximum atomic E-state index is 13.7. The van der Waals surface area contributed by atoms with Gasteiger partial charge in [0.2, 0.25) is 0 Å². The molecule has 0 spiro atoms. The number of amides is 2. The number of hydrogen-bond donors (Lipinski definition) is 1. The standard InChI is InChI=1S/C28H25ClFN5O3/c29-21-3-1-19(2-4-21)15-20-16-26(31-17-20)28(37)35(27(36)18-34-32-13-14-33-34)23-7-11-25(12-8-23)38-24-9-5-22(30)6-10-24/h1-14,20,26,31H,15-18H2/t20-,26+/m1/s1. The molecular formula is C28H25ClFN5O3. The molecule has 5 rings (SSSR count). The van der Waals surface area contributed by atoms with Crippen LogP contribution in [0, 0.1) is 11.7 Å². The SMILES string of the molecule is O=C(Cn1nccn1)N(C(=O)[C@@H]1C[C@@H](Cc2ccc(Cl)cc2)CN1)c1ccc(Oc2ccc(F)cc2)cc1. The van der Waals surface area contributed by atoms with Crippen LogP contribution in [-0.2, 0) is 22.6 Å². The predicted octanol–water partition coefficient (Wildman–Crippen LogP) is 4.64. The van der Waals surface area contributed by atoms with Crippen molar-refractivity contribution in [3.8, 4) is 11.5 Å². The molecule has 2 heterocycles. The van der Waals surface area contributed by atoms with Crippen molar-refractivity contribution in [1.82, 2.24) is 20.3 Å². The van der Waals surface area contributed by atoms with Gasteiger partial charge in [0.15, 0.2) is 0 Å². The number of benzene rings is 3. The van der Waals surface area contributed by atoms with Gasteiger partial charge in [-0.05, 0) is 91.5 Å². The van der Waals surface area contributed by atoms with Crippen molar-refractivity contribution in [2.75, 3.05) is 11.4 Å². The molecule has 38 heavy (non-hydrogen) atoms. The molecule has 1 saturated heterocycles. The van der Waals surface area contributed by atoms with Crippen molar-refractivity contribution in [3.63, 3.8) is 0 Å². The zero-order valence-corrected chi connectivity index (χ0v) is 21.1. The Balaban J connectivity index is 1.32. The first-order valence-corrected chi connectivity index (χ1v) is 12.5. The summed E-state index contributed by atoms with van der Waals surface area (Å²) in [5.41, 5.74) is 1.55. The second-order valence-electron chi connectivity index (χ2n) is 9.07. The summed E-state index contributed by atoms with van der Waals surface area (Å²) in [4.78, 5) is 29.4. The highest BCUT2D eigenvalue weighted by molar-refractivity contribution is 6.30. The molecule has 1 N–H and O–H groups in total. The van der Waals surface area contributed by atoms with Gasteiger partial charge in [0.25, 0.3) is 11.8 Å². The molecule has 1 fully saturated rings. The first kappa shape index (κ1) is 25.6. The lowest BCUT2D eigenvalue weighted by atomic mass is 9.96. The fourth-order valence-corrected chi connectivity index (χ4v) is 4.60. The third-order valence-electron chi connectivity index (χ3n) is 6.31. The first-order chi connectivity index (χ1) is 18.4. The van der Waals surface area contributed by atoms with Gasteiger partial charge in [-0.2, -0.15) is 15.0 Å². The monoisotopic (exact) mass is 533 g/mol. The van der Waals surface area contributed by atoms with Crippen molar-refractivity contribution in [2.24, 2.45) is 5.92 Å². The lowest BCUT2D eigenvalue weighted by Crippen LogP contribution is -2.48. The Hall–Kier alpha value is -4.08. The summed E-state index contributed by atoms with van der Waals surface area (Å²) in [7, 11) is 0. The summed E-state index contributed by atoms with van der Waals surface area (Å²) in [6, 6.07) is 19.4. The molecule has 8 nitrogen and oxygen atoms in total. The quantitative estimate of drug-likeness (QED) is 0.355. The van der Waals surface area contributed by atoms with Crippen LogP contribution >= 0.6 is 11.6 Å². The Bertz CT molecular complexity index is 1380. The van der Waals surface area contributed by atoms with Crippen LogP contribution in [0.1, 0.15) is 12.0 Å². The average Bonchev–Trinajstić information content (AvgIpc) is 3.60. The molecule has 1 aromatic heterocycles. The number of rotatable bonds is 8. The van der Waals surface area contributed by atoms with Gasteiger partial charge in [0.1, 0.15) is 23.9 Å². The Kier molecular flexibility index (Phi) is 7.76. The molecule has 4 aromatic rings. The minimum absolute atomic E-state index is 0.187. The van der Waals surface area contributed by atoms with Gasteiger partial charge in [-0.15, -0.1) is 0 Å². The van der Waals surface area contributed by atoms with E-state index in [4.69, 9.17) is 16.3 Å². The topological polar surface area (TPSA) is 89.4 Å². The lowest BCUT2D eigenvalue weighted by molar-refractivity contribution is -0.128. The normalized spacial score (nSPS) is 16.8. The van der Waals surface area contributed by atoms with Crippen molar-refractivity contribution in [3.05, 3.63) is 102 Å². The number of hydrogen-bond acceptors (Lipinski definition) is 6. The van der Waals surface area contributed by atoms with E-state index in [1.807, 2.05) is 24.3 Å². The maximum absolute atomic E-state index is 13.7. The second kappa shape index (κ2) is 11.5. The van der Waals surface area contributed by atoms with Crippen LogP contribution in [0.2, 0.25) is 5.02 Å². The zero-order chi connectivity index (χ0) is 26.5. The Morgan fingerprint density at radius 1 is 0.974 bits per heavy atom. The molecule has 10 heteroatoms. The Morgan fingerprint density at radius 2 is 1.61 bits per heavy atom. The summed E-state index contributed by atoms with van der Waals surface area (Å²) in [6.07, 6.45) is 4.34. The molecule has 0 saturated carbocycles. The lowest BCUT2D eigenvalue weighted by Gasteiger charge is -2.24. The van der Waals surface area contributed by atoms with E-state index in [0.717, 1.165) is 12.0 Å². The first-order valence-electron chi connectivity index (χ1n) is 12.2.